The van der Waals surface area contributed by atoms with Gasteiger partial charge in [-0.25, -0.2) is 4.98 Å². The summed E-state index contributed by atoms with van der Waals surface area (Å²) in [5.41, 5.74) is 5.55. The van der Waals surface area contributed by atoms with Crippen LogP contribution in [0.5, 0.6) is 0 Å². The molecule has 0 saturated heterocycles. The molecule has 0 bridgehead atoms. The number of hydrogen-bond donors (Lipinski definition) is 2. The lowest BCUT2D eigenvalue weighted by atomic mass is 10.1. The van der Waals surface area contributed by atoms with Crippen LogP contribution in [0.1, 0.15) is 12.5 Å². The number of benzene rings is 2. The Morgan fingerprint density at radius 3 is 2.67 bits per heavy atom. The first-order chi connectivity index (χ1) is 13.0. The lowest BCUT2D eigenvalue weighted by molar-refractivity contribution is -0.385. The second kappa shape index (κ2) is 8.19. The second-order valence-electron chi connectivity index (χ2n) is 5.48. The Kier molecular flexibility index (Phi) is 5.53. The molecule has 0 atom stereocenters. The van der Waals surface area contributed by atoms with Gasteiger partial charge in [0.1, 0.15) is 0 Å². The van der Waals surface area contributed by atoms with Crippen molar-refractivity contribution >= 4 is 40.0 Å². The number of hydrazone groups is 1. The summed E-state index contributed by atoms with van der Waals surface area (Å²) in [4.78, 5) is 26.0. The zero-order valence-corrected chi connectivity index (χ0v) is 15.1. The van der Waals surface area contributed by atoms with Gasteiger partial charge in [-0.2, -0.15) is 5.10 Å². The first-order valence-corrected chi connectivity index (χ1v) is 8.77. The zero-order valence-electron chi connectivity index (χ0n) is 14.2. The first-order valence-electron chi connectivity index (χ1n) is 7.89. The van der Waals surface area contributed by atoms with Crippen LogP contribution in [0.25, 0.3) is 11.3 Å². The molecule has 0 unspecified atom stereocenters. The predicted molar refractivity (Wildman–Crippen MR) is 106 cm³/mol. The number of nitro benzene ring substituents is 1. The van der Waals surface area contributed by atoms with E-state index < -0.39 is 4.92 Å². The van der Waals surface area contributed by atoms with Gasteiger partial charge in [0.25, 0.3) is 5.69 Å². The summed E-state index contributed by atoms with van der Waals surface area (Å²) in [6.07, 6.45) is 1.39. The smallest absolute Gasteiger partial charge is 0.278 e. The van der Waals surface area contributed by atoms with Crippen molar-refractivity contribution in [1.82, 2.24) is 4.98 Å². The maximum Gasteiger partial charge on any atom is 0.278 e. The van der Waals surface area contributed by atoms with E-state index in [1.807, 2.05) is 17.5 Å². The molecule has 0 aliphatic heterocycles. The molecule has 0 radical (unpaired) electrons. The van der Waals surface area contributed by atoms with Crippen LogP contribution in [-0.2, 0) is 4.79 Å². The van der Waals surface area contributed by atoms with Crippen LogP contribution in [0.4, 0.5) is 16.5 Å². The van der Waals surface area contributed by atoms with E-state index in [0.717, 1.165) is 11.3 Å². The van der Waals surface area contributed by atoms with Gasteiger partial charge in [0.05, 0.1) is 22.4 Å². The lowest BCUT2D eigenvalue weighted by Crippen LogP contribution is -2.05. The van der Waals surface area contributed by atoms with Crippen molar-refractivity contribution in [3.63, 3.8) is 0 Å². The molecule has 27 heavy (non-hydrogen) atoms. The number of carbonyl (C=O) groups excluding carboxylic acids is 1. The standard InChI is InChI=1S/C18H15N5O3S/c1-12(24)20-15-8-6-13(7-9-15)16-11-27-18(21-16)22-19-10-14-4-2-3-5-17(14)23(25)26/h2-11H,1H3,(H,20,24)(H,21,22)/b19-10-. The summed E-state index contributed by atoms with van der Waals surface area (Å²) in [6, 6.07) is 13.7. The number of hydrogen-bond acceptors (Lipinski definition) is 7. The fraction of sp³-hybridized carbons (Fsp3) is 0.0556. The number of nitrogens with zero attached hydrogens (tertiary/aromatic N) is 3. The van der Waals surface area contributed by atoms with Gasteiger partial charge in [0.2, 0.25) is 11.0 Å². The Labute approximate surface area is 158 Å². The Morgan fingerprint density at radius 1 is 1.22 bits per heavy atom. The van der Waals surface area contributed by atoms with Crippen LogP contribution in [0.3, 0.4) is 0 Å². The molecule has 0 aliphatic rings. The minimum absolute atomic E-state index is 0.0119. The number of nitrogens with one attached hydrogen (secondary N) is 2. The molecule has 0 spiro atoms. The summed E-state index contributed by atoms with van der Waals surface area (Å²) in [5, 5.41) is 20.2. The van der Waals surface area contributed by atoms with E-state index in [4.69, 9.17) is 0 Å². The van der Waals surface area contributed by atoms with Crippen LogP contribution in [0.2, 0.25) is 0 Å². The highest BCUT2D eigenvalue weighted by molar-refractivity contribution is 7.14. The largest absolute Gasteiger partial charge is 0.326 e. The molecule has 0 fully saturated rings. The molecule has 9 heteroatoms. The molecule has 136 valence electrons. The third-order valence-corrected chi connectivity index (χ3v) is 4.25. The second-order valence-corrected chi connectivity index (χ2v) is 6.34. The highest BCUT2D eigenvalue weighted by Crippen LogP contribution is 2.26. The van der Waals surface area contributed by atoms with Gasteiger partial charge in [0.15, 0.2) is 0 Å². The van der Waals surface area contributed by atoms with Crippen molar-refractivity contribution in [1.29, 1.82) is 0 Å². The third kappa shape index (κ3) is 4.73. The molecule has 2 N–H and O–H groups in total. The van der Waals surface area contributed by atoms with Crippen molar-refractivity contribution in [3.8, 4) is 11.3 Å². The summed E-state index contributed by atoms with van der Waals surface area (Å²) < 4.78 is 0. The normalized spacial score (nSPS) is 10.7. The summed E-state index contributed by atoms with van der Waals surface area (Å²) in [7, 11) is 0. The van der Waals surface area contributed by atoms with E-state index in [1.165, 1.54) is 30.5 Å². The topological polar surface area (TPSA) is 110 Å². The van der Waals surface area contributed by atoms with Crippen LogP contribution < -0.4 is 10.7 Å². The van der Waals surface area contributed by atoms with Crippen molar-refractivity contribution in [3.05, 3.63) is 69.6 Å². The van der Waals surface area contributed by atoms with Gasteiger partial charge in [0, 0.05) is 29.6 Å². The molecule has 8 nitrogen and oxygen atoms in total. The molecule has 1 aromatic heterocycles. The molecule has 2 aromatic carbocycles. The zero-order chi connectivity index (χ0) is 19.2. The monoisotopic (exact) mass is 381 g/mol. The average Bonchev–Trinajstić information content (AvgIpc) is 3.11. The van der Waals surface area contributed by atoms with Gasteiger partial charge >= 0.3 is 0 Å². The van der Waals surface area contributed by atoms with Gasteiger partial charge in [-0.1, -0.05) is 24.3 Å². The van der Waals surface area contributed by atoms with Gasteiger partial charge in [-0.3, -0.25) is 20.3 Å². The van der Waals surface area contributed by atoms with Crippen LogP contribution >= 0.6 is 11.3 Å². The summed E-state index contributed by atoms with van der Waals surface area (Å²) >= 11 is 1.37. The van der Waals surface area contributed by atoms with Crippen LogP contribution in [-0.4, -0.2) is 22.0 Å². The van der Waals surface area contributed by atoms with E-state index in [9.17, 15) is 14.9 Å². The average molecular weight is 381 g/mol. The van der Waals surface area contributed by atoms with Crippen molar-refractivity contribution in [2.45, 2.75) is 6.92 Å². The molecular formula is C18H15N5O3S. The van der Waals surface area contributed by atoms with E-state index >= 15 is 0 Å². The molecule has 0 aliphatic carbocycles. The minimum Gasteiger partial charge on any atom is -0.326 e. The van der Waals surface area contributed by atoms with E-state index in [-0.39, 0.29) is 11.6 Å². The Hall–Kier alpha value is -3.59. The number of nitro groups is 1. The van der Waals surface area contributed by atoms with Gasteiger partial charge < -0.3 is 5.32 Å². The van der Waals surface area contributed by atoms with Crippen molar-refractivity contribution in [2.24, 2.45) is 5.10 Å². The Balaban J connectivity index is 1.68. The van der Waals surface area contributed by atoms with E-state index in [1.54, 1.807) is 30.3 Å². The maximum atomic E-state index is 11.1. The number of anilines is 2. The third-order valence-electron chi connectivity index (χ3n) is 3.50. The molecular weight excluding hydrogens is 366 g/mol. The summed E-state index contributed by atoms with van der Waals surface area (Å²) in [5.74, 6) is -0.126. The maximum absolute atomic E-state index is 11.1. The van der Waals surface area contributed by atoms with Crippen molar-refractivity contribution in [2.75, 3.05) is 10.7 Å². The number of para-hydroxylation sites is 1. The van der Waals surface area contributed by atoms with Crippen molar-refractivity contribution < 1.29 is 9.72 Å². The number of thiazole rings is 1. The first kappa shape index (κ1) is 18.2. The molecule has 1 amide bonds. The number of rotatable bonds is 6. The molecule has 0 saturated carbocycles. The number of aromatic nitrogens is 1. The fourth-order valence-electron chi connectivity index (χ4n) is 2.31. The number of carbonyl (C=O) groups is 1. The Bertz CT molecular complexity index is 998. The van der Waals surface area contributed by atoms with E-state index in [0.29, 0.717) is 16.4 Å². The molecule has 1 heterocycles. The molecule has 3 rings (SSSR count). The lowest BCUT2D eigenvalue weighted by Gasteiger charge is -2.02. The Morgan fingerprint density at radius 2 is 1.96 bits per heavy atom. The SMILES string of the molecule is CC(=O)Nc1ccc(-c2csc(N/N=C\c3ccccc3[N+](=O)[O-])n2)cc1. The van der Waals surface area contributed by atoms with Gasteiger partial charge in [-0.15, -0.1) is 11.3 Å². The fourth-order valence-corrected chi connectivity index (χ4v) is 2.97. The quantitative estimate of drug-likeness (QED) is 0.379. The number of amides is 1. The van der Waals surface area contributed by atoms with Crippen LogP contribution in [0, 0.1) is 10.1 Å². The van der Waals surface area contributed by atoms with Gasteiger partial charge in [-0.05, 0) is 18.2 Å². The summed E-state index contributed by atoms with van der Waals surface area (Å²) in [6.45, 7) is 1.46. The highest BCUT2D eigenvalue weighted by Gasteiger charge is 2.10. The highest BCUT2D eigenvalue weighted by atomic mass is 32.1. The van der Waals surface area contributed by atoms with Crippen LogP contribution in [0.15, 0.2) is 59.0 Å². The minimum atomic E-state index is -0.451. The molecule has 3 aromatic rings. The predicted octanol–water partition coefficient (Wildman–Crippen LogP) is 4.12. The van der Waals surface area contributed by atoms with E-state index in [2.05, 4.69) is 20.8 Å².